The molecule has 1 saturated carbocycles. The third-order valence-electron chi connectivity index (χ3n) is 9.99. The maximum absolute atomic E-state index is 13.1. The summed E-state index contributed by atoms with van der Waals surface area (Å²) in [6.07, 6.45) is 16.3. The summed E-state index contributed by atoms with van der Waals surface area (Å²) in [6.45, 7) is 9.94. The molecule has 3 aliphatic rings. The van der Waals surface area contributed by atoms with Crippen LogP contribution in [0.2, 0.25) is 0 Å². The number of thioether (sulfide) groups is 1. The van der Waals surface area contributed by atoms with Crippen molar-refractivity contribution in [3.63, 3.8) is 0 Å². The molecule has 3 fully saturated rings. The molecule has 1 amide bonds. The van der Waals surface area contributed by atoms with E-state index in [0.717, 1.165) is 62.8 Å². The smallest absolute Gasteiger partial charge is 0.410 e. The van der Waals surface area contributed by atoms with Crippen LogP contribution in [0, 0.1) is 0 Å². The number of hydrogen-bond donors (Lipinski definition) is 0. The summed E-state index contributed by atoms with van der Waals surface area (Å²) < 4.78 is 13.5. The number of carbonyl (C=O) groups excluding carboxylic acids is 1. The van der Waals surface area contributed by atoms with Crippen LogP contribution in [-0.2, 0) is 11.3 Å². The fourth-order valence-electron chi connectivity index (χ4n) is 7.26. The molecule has 49 heavy (non-hydrogen) atoms. The van der Waals surface area contributed by atoms with E-state index in [1.807, 2.05) is 31.7 Å². The van der Waals surface area contributed by atoms with Gasteiger partial charge >= 0.3 is 6.09 Å². The number of aromatic nitrogens is 2. The molecule has 2 aliphatic heterocycles. The van der Waals surface area contributed by atoms with Gasteiger partial charge in [0, 0.05) is 24.2 Å². The highest BCUT2D eigenvalue weighted by molar-refractivity contribution is 9.10. The number of anilines is 1. The van der Waals surface area contributed by atoms with Gasteiger partial charge in [-0.05, 0) is 85.5 Å². The molecule has 7 nitrogen and oxygen atoms in total. The van der Waals surface area contributed by atoms with E-state index in [1.54, 1.807) is 11.8 Å². The van der Waals surface area contributed by atoms with Crippen molar-refractivity contribution >= 4 is 50.5 Å². The first-order valence-electron chi connectivity index (χ1n) is 18.8. The molecule has 0 spiro atoms. The highest BCUT2D eigenvalue weighted by Crippen LogP contribution is 2.50. The van der Waals surface area contributed by atoms with Gasteiger partial charge < -0.3 is 19.3 Å². The van der Waals surface area contributed by atoms with Crippen molar-refractivity contribution in [2.45, 2.75) is 147 Å². The largest absolute Gasteiger partial charge is 0.485 e. The van der Waals surface area contributed by atoms with E-state index in [9.17, 15) is 4.79 Å². The van der Waals surface area contributed by atoms with Crippen molar-refractivity contribution in [2.24, 2.45) is 0 Å². The van der Waals surface area contributed by atoms with Gasteiger partial charge in [0.15, 0.2) is 10.9 Å². The second-order valence-electron chi connectivity index (χ2n) is 15.2. The summed E-state index contributed by atoms with van der Waals surface area (Å²) in [7, 11) is 0. The number of hydrogen-bond acceptors (Lipinski definition) is 7. The first kappa shape index (κ1) is 36.3. The molecule has 0 radical (unpaired) electrons. The monoisotopic (exact) mass is 750 g/mol. The zero-order chi connectivity index (χ0) is 34.4. The normalized spacial score (nSPS) is 18.9. The predicted molar refractivity (Wildman–Crippen MR) is 205 cm³/mol. The lowest BCUT2D eigenvalue weighted by Gasteiger charge is -2.36. The Morgan fingerprint density at radius 2 is 1.63 bits per heavy atom. The second-order valence-corrected chi connectivity index (χ2v) is 17.1. The average Bonchev–Trinajstić information content (AvgIpc) is 3.72. The standard InChI is InChI=1S/C40H55BrN4O3S/c1-5-6-7-8-9-10-11-12-13-17-22-49-38-42-35-33(24-32(29-20-21-29)34(41)36(35)47-27-28-18-15-14-16-19-28)37(43-38)44-25-31-23-30(44)26-45(31)39(46)48-40(2,3)4/h14-16,18-19,24,29-31H,5-13,17,20-23,25-27H2,1-4H3/t30-,31-/m0/s1. The van der Waals surface area contributed by atoms with Crippen molar-refractivity contribution in [2.75, 3.05) is 23.7 Å². The minimum Gasteiger partial charge on any atom is -0.485 e. The minimum atomic E-state index is -0.509. The van der Waals surface area contributed by atoms with Crippen LogP contribution in [-0.4, -0.2) is 57.5 Å². The van der Waals surface area contributed by atoms with Crippen molar-refractivity contribution in [3.05, 3.63) is 52.0 Å². The Hall–Kier alpha value is -2.52. The summed E-state index contributed by atoms with van der Waals surface area (Å²) >= 11 is 5.74. The Kier molecular flexibility index (Phi) is 12.3. The number of unbranched alkanes of at least 4 members (excludes halogenated alkanes) is 9. The van der Waals surface area contributed by atoms with Crippen molar-refractivity contribution in [1.29, 1.82) is 0 Å². The Morgan fingerprint density at radius 3 is 2.27 bits per heavy atom. The fraction of sp³-hybridized carbons (Fsp3) is 0.625. The van der Waals surface area contributed by atoms with Crippen LogP contribution in [0.3, 0.4) is 0 Å². The molecule has 2 saturated heterocycles. The molecular formula is C40H55BrN4O3S. The van der Waals surface area contributed by atoms with Crippen LogP contribution in [0.1, 0.15) is 128 Å². The van der Waals surface area contributed by atoms with E-state index in [-0.39, 0.29) is 18.2 Å². The quantitative estimate of drug-likeness (QED) is 0.0773. The zero-order valence-electron chi connectivity index (χ0n) is 30.0. The fourth-order valence-corrected chi connectivity index (χ4v) is 8.84. The van der Waals surface area contributed by atoms with Crippen molar-refractivity contribution < 1.29 is 14.3 Å². The third kappa shape index (κ3) is 9.43. The molecule has 3 aromatic rings. The molecule has 1 aliphatic carbocycles. The van der Waals surface area contributed by atoms with E-state index in [1.165, 1.54) is 76.2 Å². The number of amides is 1. The number of piperazine rings is 1. The molecule has 266 valence electrons. The maximum Gasteiger partial charge on any atom is 0.410 e. The Labute approximate surface area is 306 Å². The molecule has 6 rings (SSSR count). The van der Waals surface area contributed by atoms with Gasteiger partial charge in [0.1, 0.15) is 23.5 Å². The van der Waals surface area contributed by atoms with E-state index >= 15 is 0 Å². The lowest BCUT2D eigenvalue weighted by atomic mass is 10.1. The summed E-state index contributed by atoms with van der Waals surface area (Å²) in [4.78, 5) is 28.0. The van der Waals surface area contributed by atoms with E-state index < -0.39 is 5.60 Å². The number of nitrogens with zero attached hydrogens (tertiary/aromatic N) is 4. The topological polar surface area (TPSA) is 67.8 Å². The zero-order valence-corrected chi connectivity index (χ0v) is 32.4. The van der Waals surface area contributed by atoms with Gasteiger partial charge in [-0.2, -0.15) is 0 Å². The molecule has 3 heterocycles. The number of ether oxygens (including phenoxy) is 2. The van der Waals surface area contributed by atoms with Crippen LogP contribution in [0.5, 0.6) is 5.75 Å². The SMILES string of the molecule is CCCCCCCCCCCCSc1nc(N2C[C@@H]3C[C@H]2CN3C(=O)OC(C)(C)C)c2cc(C3CC3)c(Br)c(OCc3ccccc3)c2n1. The van der Waals surface area contributed by atoms with Crippen LogP contribution in [0.25, 0.3) is 10.9 Å². The van der Waals surface area contributed by atoms with Gasteiger partial charge in [-0.3, -0.25) is 0 Å². The van der Waals surface area contributed by atoms with Gasteiger partial charge in [0.05, 0.1) is 16.6 Å². The van der Waals surface area contributed by atoms with Gasteiger partial charge in [0.2, 0.25) is 0 Å². The Bertz CT molecular complexity index is 1560. The van der Waals surface area contributed by atoms with E-state index in [2.05, 4.69) is 58.1 Å². The summed E-state index contributed by atoms with van der Waals surface area (Å²) in [5, 5.41) is 1.86. The molecule has 1 aromatic heterocycles. The molecule has 0 N–H and O–H groups in total. The Balaban J connectivity index is 1.22. The van der Waals surface area contributed by atoms with Crippen LogP contribution >= 0.6 is 27.7 Å². The third-order valence-corrected chi connectivity index (χ3v) is 11.7. The van der Waals surface area contributed by atoms with E-state index in [4.69, 9.17) is 19.4 Å². The molecule has 9 heteroatoms. The molecule has 2 aromatic carbocycles. The van der Waals surface area contributed by atoms with E-state index in [0.29, 0.717) is 19.1 Å². The molecule has 2 atom stereocenters. The molecule has 2 bridgehead atoms. The van der Waals surface area contributed by atoms with Crippen molar-refractivity contribution in [1.82, 2.24) is 14.9 Å². The highest BCUT2D eigenvalue weighted by atomic mass is 79.9. The predicted octanol–water partition coefficient (Wildman–Crippen LogP) is 11.1. The molecular weight excluding hydrogens is 696 g/mol. The summed E-state index contributed by atoms with van der Waals surface area (Å²) in [6, 6.07) is 13.0. The van der Waals surface area contributed by atoms with Crippen LogP contribution in [0.4, 0.5) is 10.6 Å². The lowest BCUT2D eigenvalue weighted by molar-refractivity contribution is 0.0214. The lowest BCUT2D eigenvalue weighted by Crippen LogP contribution is -2.50. The summed E-state index contributed by atoms with van der Waals surface area (Å²) in [5.74, 6) is 3.31. The number of halogens is 1. The Morgan fingerprint density at radius 1 is 0.939 bits per heavy atom. The number of fused-ring (bicyclic) bond motifs is 3. The second kappa shape index (κ2) is 16.7. The first-order chi connectivity index (χ1) is 23.7. The van der Waals surface area contributed by atoms with Gasteiger partial charge in [0.25, 0.3) is 0 Å². The van der Waals surface area contributed by atoms with Gasteiger partial charge in [-0.25, -0.2) is 14.8 Å². The molecule has 0 unspecified atom stereocenters. The number of benzene rings is 2. The van der Waals surface area contributed by atoms with Crippen LogP contribution < -0.4 is 9.64 Å². The van der Waals surface area contributed by atoms with Crippen molar-refractivity contribution in [3.8, 4) is 5.75 Å². The minimum absolute atomic E-state index is 0.111. The number of carbonyl (C=O) groups is 1. The van der Waals surface area contributed by atoms with Crippen LogP contribution in [0.15, 0.2) is 46.0 Å². The van der Waals surface area contributed by atoms with Gasteiger partial charge in [-0.15, -0.1) is 0 Å². The first-order valence-corrected chi connectivity index (χ1v) is 20.6. The average molecular weight is 752 g/mol. The summed E-state index contributed by atoms with van der Waals surface area (Å²) in [5.41, 5.74) is 2.77. The number of rotatable bonds is 17. The number of likely N-dealkylation sites (tertiary alicyclic amines) is 1. The maximum atomic E-state index is 13.1. The highest BCUT2D eigenvalue weighted by Gasteiger charge is 2.47. The van der Waals surface area contributed by atoms with Gasteiger partial charge in [-0.1, -0.05) is 107 Å².